The van der Waals surface area contributed by atoms with Crippen molar-refractivity contribution >= 4 is 17.6 Å². The van der Waals surface area contributed by atoms with Gasteiger partial charge in [0.25, 0.3) is 11.7 Å². The van der Waals surface area contributed by atoms with Crippen LogP contribution in [-0.2, 0) is 17.8 Å². The van der Waals surface area contributed by atoms with Crippen LogP contribution in [0, 0.1) is 17.8 Å². The van der Waals surface area contributed by atoms with Gasteiger partial charge in [-0.2, -0.15) is 23.4 Å². The molecule has 0 radical (unpaired) electrons. The van der Waals surface area contributed by atoms with Crippen LogP contribution in [-0.4, -0.2) is 72.9 Å². The number of carbonyl (C=O) groups excluding carboxylic acids is 2. The van der Waals surface area contributed by atoms with E-state index in [9.17, 15) is 31.5 Å². The highest BCUT2D eigenvalue weighted by atomic mass is 19.4. The van der Waals surface area contributed by atoms with Crippen molar-refractivity contribution in [1.82, 2.24) is 45.3 Å². The average Bonchev–Trinajstić information content (AvgIpc) is 3.67. The Morgan fingerprint density at radius 3 is 2.65 bits per heavy atom. The van der Waals surface area contributed by atoms with E-state index in [1.165, 1.54) is 15.4 Å². The van der Waals surface area contributed by atoms with E-state index in [0.717, 1.165) is 19.4 Å². The molecule has 0 spiro atoms. The summed E-state index contributed by atoms with van der Waals surface area (Å²) < 4.78 is 72.0. The Kier molecular flexibility index (Phi) is 9.00. The van der Waals surface area contributed by atoms with Gasteiger partial charge in [-0.3, -0.25) is 14.3 Å². The predicted octanol–water partition coefficient (Wildman–Crippen LogP) is 3.96. The van der Waals surface area contributed by atoms with Gasteiger partial charge in [0.1, 0.15) is 5.69 Å². The third-order valence-electron chi connectivity index (χ3n) is 9.57. The number of rotatable bonds is 8. The highest BCUT2D eigenvalue weighted by molar-refractivity contribution is 5.92. The molecular weight excluding hydrogens is 613 g/mol. The molecule has 1 unspecified atom stereocenters. The van der Waals surface area contributed by atoms with Gasteiger partial charge in [-0.25, -0.2) is 23.3 Å². The second-order valence-electron chi connectivity index (χ2n) is 12.7. The first-order valence-electron chi connectivity index (χ1n) is 15.9. The lowest BCUT2D eigenvalue weighted by Crippen LogP contribution is -2.47. The van der Waals surface area contributed by atoms with Crippen LogP contribution in [0.15, 0.2) is 18.5 Å². The van der Waals surface area contributed by atoms with Crippen LogP contribution in [0.3, 0.4) is 0 Å². The molecule has 3 aromatic rings. The molecule has 2 aliphatic heterocycles. The number of halogens is 5. The van der Waals surface area contributed by atoms with E-state index in [0.29, 0.717) is 35.9 Å². The molecule has 4 atom stereocenters. The highest BCUT2D eigenvalue weighted by Crippen LogP contribution is 2.41. The molecule has 6 rings (SSSR count). The normalized spacial score (nSPS) is 24.9. The lowest BCUT2D eigenvalue weighted by Gasteiger charge is -2.33. The van der Waals surface area contributed by atoms with Gasteiger partial charge in [0.2, 0.25) is 11.8 Å². The standard InChI is InChI=1S/C30H38F5N9O2/c1-2-43-23(7-11-38-43)27(46)40-24(17-5-8-29(31,32)9-6-17)22-16-44-28(39-22)41-25(18-4-3-10-36-14-18)21(42-44)13-19-12-20(30(33,34)35)15-37-26(19)45/h7,11,16-20,24,36H,2-6,8-10,12-15H2,1H3,(H,37,45)(H,40,46)/t18?,19-,20-,24+/m1/s1. The van der Waals surface area contributed by atoms with E-state index in [1.54, 1.807) is 12.3 Å². The fourth-order valence-corrected chi connectivity index (χ4v) is 6.97. The first-order valence-corrected chi connectivity index (χ1v) is 15.9. The van der Waals surface area contributed by atoms with Crippen molar-refractivity contribution in [3.63, 3.8) is 0 Å². The fraction of sp³-hybridized carbons (Fsp3) is 0.667. The van der Waals surface area contributed by atoms with Crippen LogP contribution in [0.25, 0.3) is 5.78 Å². The minimum Gasteiger partial charge on any atom is -0.355 e. The predicted molar refractivity (Wildman–Crippen MR) is 155 cm³/mol. The Balaban J connectivity index is 1.35. The molecule has 5 heterocycles. The molecule has 0 bridgehead atoms. The zero-order valence-corrected chi connectivity index (χ0v) is 25.5. The van der Waals surface area contributed by atoms with Gasteiger partial charge >= 0.3 is 6.18 Å². The van der Waals surface area contributed by atoms with E-state index in [-0.39, 0.29) is 56.1 Å². The molecule has 1 saturated carbocycles. The van der Waals surface area contributed by atoms with Crippen molar-refractivity contribution in [1.29, 1.82) is 0 Å². The molecule has 11 nitrogen and oxygen atoms in total. The van der Waals surface area contributed by atoms with Gasteiger partial charge in [0.05, 0.1) is 35.2 Å². The zero-order valence-electron chi connectivity index (χ0n) is 25.5. The Bertz CT molecular complexity index is 1560. The number of nitrogens with zero attached hydrogens (tertiary/aromatic N) is 6. The first-order chi connectivity index (χ1) is 21.9. The summed E-state index contributed by atoms with van der Waals surface area (Å²) in [7, 11) is 0. The molecule has 3 N–H and O–H groups in total. The van der Waals surface area contributed by atoms with Crippen LogP contribution < -0.4 is 16.0 Å². The number of imidazole rings is 1. The largest absolute Gasteiger partial charge is 0.393 e. The fourth-order valence-electron chi connectivity index (χ4n) is 6.97. The number of piperidine rings is 2. The van der Waals surface area contributed by atoms with Crippen LogP contribution in [0.4, 0.5) is 22.0 Å². The molecule has 2 amide bonds. The Morgan fingerprint density at radius 2 is 1.96 bits per heavy atom. The lowest BCUT2D eigenvalue weighted by molar-refractivity contribution is -0.183. The van der Waals surface area contributed by atoms with Gasteiger partial charge in [-0.05, 0) is 57.6 Å². The number of carbonyl (C=O) groups is 2. The molecule has 3 aliphatic rings. The van der Waals surface area contributed by atoms with Crippen LogP contribution in [0.5, 0.6) is 0 Å². The first kappa shape index (κ1) is 32.3. The molecule has 3 fully saturated rings. The molecule has 2 saturated heterocycles. The van der Waals surface area contributed by atoms with Crippen LogP contribution in [0.2, 0.25) is 0 Å². The summed E-state index contributed by atoms with van der Waals surface area (Å²) in [4.78, 5) is 35.7. The highest BCUT2D eigenvalue weighted by Gasteiger charge is 2.45. The summed E-state index contributed by atoms with van der Waals surface area (Å²) in [5.74, 6) is -6.44. The summed E-state index contributed by atoms with van der Waals surface area (Å²) in [6, 6.07) is 0.853. The summed E-state index contributed by atoms with van der Waals surface area (Å²) >= 11 is 0. The van der Waals surface area contributed by atoms with Gasteiger partial charge in [0.15, 0.2) is 0 Å². The van der Waals surface area contributed by atoms with Crippen LogP contribution in [0.1, 0.15) is 91.4 Å². The number of aromatic nitrogens is 6. The van der Waals surface area contributed by atoms with E-state index in [2.05, 4.69) is 21.0 Å². The third kappa shape index (κ3) is 6.86. The molecule has 3 aromatic heterocycles. The van der Waals surface area contributed by atoms with Crippen molar-refractivity contribution in [3.05, 3.63) is 41.2 Å². The number of hydrogen-bond acceptors (Lipinski definition) is 7. The minimum atomic E-state index is -4.44. The summed E-state index contributed by atoms with van der Waals surface area (Å²) in [6.07, 6.45) is -0.356. The van der Waals surface area contributed by atoms with Crippen molar-refractivity contribution in [2.45, 2.75) is 88.9 Å². The molecule has 46 heavy (non-hydrogen) atoms. The Labute approximate surface area is 262 Å². The van der Waals surface area contributed by atoms with Crippen molar-refractivity contribution in [2.24, 2.45) is 17.8 Å². The average molecular weight is 652 g/mol. The topological polar surface area (TPSA) is 131 Å². The third-order valence-corrected chi connectivity index (χ3v) is 9.57. The molecule has 16 heteroatoms. The summed E-state index contributed by atoms with van der Waals surface area (Å²) in [6.45, 7) is 3.27. The molecule has 250 valence electrons. The smallest absolute Gasteiger partial charge is 0.355 e. The summed E-state index contributed by atoms with van der Waals surface area (Å²) in [5, 5.41) is 17.6. The van der Waals surface area contributed by atoms with E-state index >= 15 is 0 Å². The van der Waals surface area contributed by atoms with E-state index in [4.69, 9.17) is 15.1 Å². The minimum absolute atomic E-state index is 0.0282. The maximum absolute atomic E-state index is 14.1. The summed E-state index contributed by atoms with van der Waals surface area (Å²) in [5.41, 5.74) is 1.70. The van der Waals surface area contributed by atoms with Gasteiger partial charge in [-0.15, -0.1) is 0 Å². The van der Waals surface area contributed by atoms with Crippen molar-refractivity contribution < 1.29 is 31.5 Å². The maximum atomic E-state index is 14.1. The number of amides is 2. The number of alkyl halides is 5. The second kappa shape index (κ2) is 12.8. The maximum Gasteiger partial charge on any atom is 0.393 e. The molecule has 0 aromatic carbocycles. The molecular formula is C30H38F5N9O2. The van der Waals surface area contributed by atoms with Crippen LogP contribution >= 0.6 is 0 Å². The van der Waals surface area contributed by atoms with E-state index < -0.39 is 48.3 Å². The number of hydrogen-bond donors (Lipinski definition) is 3. The van der Waals surface area contributed by atoms with Gasteiger partial charge < -0.3 is 16.0 Å². The number of fused-ring (bicyclic) bond motifs is 1. The Hall–Kier alpha value is -3.69. The monoisotopic (exact) mass is 651 g/mol. The van der Waals surface area contributed by atoms with Gasteiger partial charge in [-0.1, -0.05) is 0 Å². The van der Waals surface area contributed by atoms with Crippen molar-refractivity contribution in [2.75, 3.05) is 19.6 Å². The van der Waals surface area contributed by atoms with Crippen molar-refractivity contribution in [3.8, 4) is 0 Å². The lowest BCUT2D eigenvalue weighted by atomic mass is 9.81. The SMILES string of the molecule is CCn1nccc1C(=O)N[C@H](c1cn2nc(C[C@H]3C[C@@H](C(F)(F)F)CNC3=O)c(C3CCCNC3)nc2n1)C1CCC(F)(F)CC1. The van der Waals surface area contributed by atoms with E-state index in [1.807, 2.05) is 6.92 Å². The quantitative estimate of drug-likeness (QED) is 0.315. The number of aryl methyl sites for hydroxylation is 1. The second-order valence-corrected chi connectivity index (χ2v) is 12.7. The zero-order chi connectivity index (χ0) is 32.6. The Morgan fingerprint density at radius 1 is 1.17 bits per heavy atom. The van der Waals surface area contributed by atoms with Gasteiger partial charge in [0, 0.05) is 56.9 Å². The number of nitrogens with one attached hydrogen (secondary N) is 3. The molecule has 1 aliphatic carbocycles.